The highest BCUT2D eigenvalue weighted by Gasteiger charge is 1.96. The molecule has 0 aromatic heterocycles. The highest BCUT2D eigenvalue weighted by Crippen LogP contribution is 2.19. The van der Waals surface area contributed by atoms with E-state index in [1.165, 1.54) is 21.3 Å². The molecule has 0 radical (unpaired) electrons. The summed E-state index contributed by atoms with van der Waals surface area (Å²) in [5.41, 5.74) is 1.17. The largest absolute Gasteiger partial charge is 0.178 e. The first-order valence-corrected chi connectivity index (χ1v) is 3.39. The van der Waals surface area contributed by atoms with Crippen molar-refractivity contribution in [3.63, 3.8) is 0 Å². The van der Waals surface area contributed by atoms with Gasteiger partial charge in [-0.15, -0.1) is 0 Å². The third-order valence-corrected chi connectivity index (χ3v) is 1.84. The lowest BCUT2D eigenvalue weighted by Crippen LogP contribution is -1.95. The van der Waals surface area contributed by atoms with Crippen molar-refractivity contribution in [2.75, 3.05) is 0 Å². The predicted octanol–water partition coefficient (Wildman–Crippen LogP) is 1.68. The topological polar surface area (TPSA) is 15.6 Å². The summed E-state index contributed by atoms with van der Waals surface area (Å²) in [5, 5.41) is 5.86. The molecule has 0 unspecified atom stereocenters. The van der Waals surface area contributed by atoms with Gasteiger partial charge in [-0.05, 0) is 30.7 Å². The monoisotopic (exact) mass is 146 g/mol. The first-order valence-electron chi connectivity index (χ1n) is 2.15. The van der Waals surface area contributed by atoms with Crippen LogP contribution in [-0.4, -0.2) is 10.0 Å². The van der Waals surface area contributed by atoms with E-state index in [2.05, 4.69) is 17.9 Å². The summed E-state index contributed by atoms with van der Waals surface area (Å²) in [4.78, 5) is 0. The van der Waals surface area contributed by atoms with Crippen LogP contribution in [0.15, 0.2) is 16.1 Å². The summed E-state index contributed by atoms with van der Waals surface area (Å²) in [6.45, 7) is 2.00. The second-order valence-corrected chi connectivity index (χ2v) is 2.91. The van der Waals surface area contributed by atoms with Crippen molar-refractivity contribution in [2.45, 2.75) is 6.92 Å². The van der Waals surface area contributed by atoms with Crippen LogP contribution in [0.4, 0.5) is 0 Å². The number of hydrogen-bond donors (Lipinski definition) is 1. The van der Waals surface area contributed by atoms with Crippen LogP contribution in [0.3, 0.4) is 0 Å². The summed E-state index contributed by atoms with van der Waals surface area (Å²) in [7, 11) is 0. The number of nitrogens with zero attached hydrogens (tertiary/aromatic N) is 2. The van der Waals surface area contributed by atoms with Crippen LogP contribution in [-0.2, 0) is 0 Å². The quantitative estimate of drug-likeness (QED) is 0.413. The number of thiol groups is 1. The lowest BCUT2D eigenvalue weighted by Gasteiger charge is -2.09. The fourth-order valence-electron chi connectivity index (χ4n) is 0.328. The molecule has 1 aliphatic rings. The molecule has 4 heteroatoms. The fraction of sp³-hybridized carbons (Fsp3) is 0.250. The molecule has 0 fully saturated rings. The lowest BCUT2D eigenvalue weighted by molar-refractivity contribution is 0.839. The highest BCUT2D eigenvalue weighted by molar-refractivity contribution is 8.07. The summed E-state index contributed by atoms with van der Waals surface area (Å²) >= 11 is 5.42. The van der Waals surface area contributed by atoms with Gasteiger partial charge in [0.2, 0.25) is 0 Å². The van der Waals surface area contributed by atoms with Crippen LogP contribution in [0.2, 0.25) is 0 Å². The van der Waals surface area contributed by atoms with Crippen molar-refractivity contribution in [1.82, 2.24) is 3.82 Å². The minimum absolute atomic E-state index is 1.17. The maximum absolute atomic E-state index is 3.96. The summed E-state index contributed by atoms with van der Waals surface area (Å²) in [6.07, 6.45) is 1.77. The van der Waals surface area contributed by atoms with Crippen LogP contribution < -0.4 is 0 Å². The smallest absolute Gasteiger partial charge is 0.0526 e. The highest BCUT2D eigenvalue weighted by atomic mass is 32.2. The Morgan fingerprint density at radius 2 is 2.62 bits per heavy atom. The van der Waals surface area contributed by atoms with Crippen LogP contribution >= 0.6 is 24.8 Å². The summed E-state index contributed by atoms with van der Waals surface area (Å²) in [6, 6.07) is 0. The van der Waals surface area contributed by atoms with E-state index in [1.54, 1.807) is 6.21 Å². The minimum atomic E-state index is 1.17. The van der Waals surface area contributed by atoms with Crippen LogP contribution in [0.25, 0.3) is 0 Å². The van der Waals surface area contributed by atoms with Crippen molar-refractivity contribution in [3.8, 4) is 0 Å². The van der Waals surface area contributed by atoms with E-state index in [-0.39, 0.29) is 0 Å². The Labute approximate surface area is 58.3 Å². The standard InChI is InChI=1S/C4H6N2S2/c1-4-2-5-6(7)8-3-4/h2-3,7H,1H3. The molecule has 0 saturated carbocycles. The molecule has 1 rings (SSSR count). The molecule has 1 heterocycles. The van der Waals surface area contributed by atoms with Gasteiger partial charge in [-0.2, -0.15) is 8.92 Å². The second kappa shape index (κ2) is 2.46. The molecular formula is C4H6N2S2. The number of rotatable bonds is 0. The SMILES string of the molecule is CC1=CSN(S)N=C1. The number of hydrogen-bond acceptors (Lipinski definition) is 4. The maximum Gasteiger partial charge on any atom is 0.0526 e. The molecule has 0 saturated heterocycles. The van der Waals surface area contributed by atoms with Crippen LogP contribution in [0.5, 0.6) is 0 Å². The van der Waals surface area contributed by atoms with Gasteiger partial charge in [-0.3, -0.25) is 0 Å². The average molecular weight is 146 g/mol. The van der Waals surface area contributed by atoms with Crippen molar-refractivity contribution < 1.29 is 0 Å². The Kier molecular flexibility index (Phi) is 1.85. The van der Waals surface area contributed by atoms with Gasteiger partial charge in [0.05, 0.1) is 6.21 Å². The molecule has 0 bridgehead atoms. The Balaban J connectivity index is 2.58. The van der Waals surface area contributed by atoms with Gasteiger partial charge < -0.3 is 0 Å². The fourth-order valence-corrected chi connectivity index (χ4v) is 0.944. The van der Waals surface area contributed by atoms with Crippen molar-refractivity contribution in [2.24, 2.45) is 5.10 Å². The molecule has 0 N–H and O–H groups in total. The summed E-state index contributed by atoms with van der Waals surface area (Å²) in [5.74, 6) is 0. The van der Waals surface area contributed by atoms with Crippen LogP contribution in [0.1, 0.15) is 6.92 Å². The number of allylic oxidation sites excluding steroid dienone is 1. The second-order valence-electron chi connectivity index (χ2n) is 1.46. The Bertz CT molecular complexity index is 141. The zero-order chi connectivity index (χ0) is 5.98. The molecule has 0 amide bonds. The molecule has 0 aliphatic carbocycles. The van der Waals surface area contributed by atoms with Gasteiger partial charge in [-0.25, -0.2) is 0 Å². The molecule has 44 valence electrons. The van der Waals surface area contributed by atoms with Crippen molar-refractivity contribution >= 4 is 31.0 Å². The number of hydrazone groups is 1. The minimum Gasteiger partial charge on any atom is -0.178 e. The zero-order valence-electron chi connectivity index (χ0n) is 4.40. The first kappa shape index (κ1) is 6.04. The predicted molar refractivity (Wildman–Crippen MR) is 40.7 cm³/mol. The van der Waals surface area contributed by atoms with Gasteiger partial charge in [0, 0.05) is 11.9 Å². The first-order chi connectivity index (χ1) is 3.79. The van der Waals surface area contributed by atoms with E-state index in [0.717, 1.165) is 0 Å². The molecule has 0 aromatic rings. The Hall–Kier alpha value is -0.0900. The van der Waals surface area contributed by atoms with E-state index >= 15 is 0 Å². The van der Waals surface area contributed by atoms with E-state index < -0.39 is 0 Å². The molecular weight excluding hydrogens is 140 g/mol. The molecule has 0 spiro atoms. The normalized spacial score (nSPS) is 18.8. The molecule has 8 heavy (non-hydrogen) atoms. The van der Waals surface area contributed by atoms with E-state index in [9.17, 15) is 0 Å². The van der Waals surface area contributed by atoms with Gasteiger partial charge in [0.25, 0.3) is 0 Å². The average Bonchev–Trinajstić information content (AvgIpc) is 1.77. The molecule has 2 nitrogen and oxygen atoms in total. The molecule has 0 aromatic carbocycles. The third kappa shape index (κ3) is 1.45. The maximum atomic E-state index is 3.96. The van der Waals surface area contributed by atoms with Gasteiger partial charge in [-0.1, -0.05) is 0 Å². The van der Waals surface area contributed by atoms with Gasteiger partial charge in [0.1, 0.15) is 0 Å². The zero-order valence-corrected chi connectivity index (χ0v) is 6.12. The molecule has 1 aliphatic heterocycles. The van der Waals surface area contributed by atoms with E-state index in [4.69, 9.17) is 0 Å². The Morgan fingerprint density at radius 1 is 1.88 bits per heavy atom. The van der Waals surface area contributed by atoms with Crippen molar-refractivity contribution in [1.29, 1.82) is 0 Å². The van der Waals surface area contributed by atoms with Crippen LogP contribution in [0, 0.1) is 0 Å². The molecule has 0 atom stereocenters. The van der Waals surface area contributed by atoms with E-state index in [1.807, 2.05) is 12.3 Å². The Morgan fingerprint density at radius 3 is 3.00 bits per heavy atom. The van der Waals surface area contributed by atoms with Crippen molar-refractivity contribution in [3.05, 3.63) is 11.0 Å². The third-order valence-electron chi connectivity index (χ3n) is 0.693. The van der Waals surface area contributed by atoms with Gasteiger partial charge in [0.15, 0.2) is 0 Å². The van der Waals surface area contributed by atoms with Gasteiger partial charge >= 0.3 is 0 Å². The summed E-state index contributed by atoms with van der Waals surface area (Å²) < 4.78 is 1.51. The van der Waals surface area contributed by atoms with E-state index in [0.29, 0.717) is 0 Å². The lowest BCUT2D eigenvalue weighted by atomic mass is 10.4.